The Labute approximate surface area is 350 Å². The van der Waals surface area contributed by atoms with Gasteiger partial charge in [-0.15, -0.1) is 0 Å². The second kappa shape index (κ2) is 39.2. The lowest BCUT2D eigenvalue weighted by Crippen LogP contribution is -2.45. The van der Waals surface area contributed by atoms with Crippen molar-refractivity contribution in [1.82, 2.24) is 5.32 Å². The molecule has 0 aromatic rings. The highest BCUT2D eigenvalue weighted by Gasteiger charge is 2.27. The molecule has 8 nitrogen and oxygen atoms in total. The zero-order valence-corrected chi connectivity index (χ0v) is 37.9. The normalized spacial score (nSPS) is 15.1. The number of aliphatic hydroxyl groups excluding tert-OH is 1. The standard InChI is InChI=1S/C48H85N2O6P/c1-6-8-10-12-14-16-18-20-21-22-23-24-25-26-27-28-29-30-32-34-36-38-40-42-48(52)49-46(45-56-57(53,54)55-44-43-50(3,4)5)47(51)41-39-37-35-33-31-19-17-15-13-11-9-7-2/h8,10,14,16,20-21,23-24,26-27,31,33,39,41,46-47,51H,6-7,9,11-13,15,17-19,22,25,28-30,32,34-38,40,42-45H2,1-5H3,(H-,49,52,53,54)/p+1/b10-8-,16-14-,21-20-,24-23-,27-26-,33-31+,41-39+. The maximum Gasteiger partial charge on any atom is 0.472 e. The van der Waals surface area contributed by atoms with Crippen molar-refractivity contribution in [1.29, 1.82) is 0 Å². The first-order valence-corrected chi connectivity index (χ1v) is 24.0. The van der Waals surface area contributed by atoms with Crippen LogP contribution in [0.15, 0.2) is 85.1 Å². The first-order valence-electron chi connectivity index (χ1n) is 22.5. The van der Waals surface area contributed by atoms with Crippen molar-refractivity contribution >= 4 is 13.7 Å². The van der Waals surface area contributed by atoms with Gasteiger partial charge in [0.15, 0.2) is 0 Å². The van der Waals surface area contributed by atoms with Gasteiger partial charge >= 0.3 is 7.82 Å². The van der Waals surface area contributed by atoms with E-state index in [2.05, 4.69) is 92.1 Å². The number of quaternary nitrogens is 1. The second-order valence-electron chi connectivity index (χ2n) is 16.0. The summed E-state index contributed by atoms with van der Waals surface area (Å²) in [7, 11) is 1.53. The number of nitrogens with zero attached hydrogens (tertiary/aromatic N) is 1. The Hall–Kier alpha value is -2.32. The Kier molecular flexibility index (Phi) is 37.6. The number of phosphoric ester groups is 1. The minimum atomic E-state index is -4.35. The summed E-state index contributed by atoms with van der Waals surface area (Å²) >= 11 is 0. The number of allylic oxidation sites excluding steroid dienone is 13. The quantitative estimate of drug-likeness (QED) is 0.0247. The average Bonchev–Trinajstić information content (AvgIpc) is 3.16. The highest BCUT2D eigenvalue weighted by Crippen LogP contribution is 2.43. The van der Waals surface area contributed by atoms with Gasteiger partial charge in [-0.2, -0.15) is 0 Å². The maximum atomic E-state index is 12.9. The fourth-order valence-electron chi connectivity index (χ4n) is 5.79. The Bertz CT molecular complexity index is 1200. The number of aliphatic hydroxyl groups is 1. The largest absolute Gasteiger partial charge is 0.472 e. The number of hydrogen-bond donors (Lipinski definition) is 3. The molecule has 3 N–H and O–H groups in total. The Morgan fingerprint density at radius 3 is 1.61 bits per heavy atom. The molecule has 3 atom stereocenters. The number of nitrogens with one attached hydrogen (secondary N) is 1. The van der Waals surface area contributed by atoms with E-state index in [9.17, 15) is 19.4 Å². The van der Waals surface area contributed by atoms with Crippen molar-refractivity contribution < 1.29 is 32.9 Å². The molecule has 0 radical (unpaired) electrons. The second-order valence-corrected chi connectivity index (χ2v) is 17.5. The SMILES string of the molecule is CC/C=C\C/C=C\C/C=C\C/C=C\C/C=C\CCCCCCCCCC(=O)NC(COP(=O)(O)OCC[N+](C)(C)C)C(O)/C=C/CC/C=C/CCCCCCCC. The molecule has 9 heteroatoms. The number of unbranched alkanes of at least 4 members (excludes halogenated alkanes) is 14. The van der Waals surface area contributed by atoms with Crippen LogP contribution < -0.4 is 5.32 Å². The van der Waals surface area contributed by atoms with E-state index in [-0.39, 0.29) is 19.1 Å². The fourth-order valence-corrected chi connectivity index (χ4v) is 6.52. The summed E-state index contributed by atoms with van der Waals surface area (Å²) in [5.41, 5.74) is 0. The minimum absolute atomic E-state index is 0.0490. The molecular weight excluding hydrogens is 732 g/mol. The molecule has 0 aliphatic heterocycles. The molecule has 328 valence electrons. The van der Waals surface area contributed by atoms with E-state index in [0.717, 1.165) is 83.5 Å². The van der Waals surface area contributed by atoms with Gasteiger partial charge < -0.3 is 19.8 Å². The maximum absolute atomic E-state index is 12.9. The van der Waals surface area contributed by atoms with E-state index in [4.69, 9.17) is 9.05 Å². The van der Waals surface area contributed by atoms with Gasteiger partial charge in [-0.3, -0.25) is 13.8 Å². The van der Waals surface area contributed by atoms with Gasteiger partial charge in [0.25, 0.3) is 0 Å². The molecule has 0 saturated heterocycles. The van der Waals surface area contributed by atoms with Crippen molar-refractivity contribution in [3.63, 3.8) is 0 Å². The average molecular weight is 818 g/mol. The number of rotatable bonds is 39. The van der Waals surface area contributed by atoms with Gasteiger partial charge in [-0.05, 0) is 77.0 Å². The van der Waals surface area contributed by atoms with E-state index < -0.39 is 20.0 Å². The predicted octanol–water partition coefficient (Wildman–Crippen LogP) is 12.6. The molecule has 0 spiro atoms. The van der Waals surface area contributed by atoms with Crippen LogP contribution in [0.25, 0.3) is 0 Å². The van der Waals surface area contributed by atoms with Crippen LogP contribution in [0.3, 0.4) is 0 Å². The number of amides is 1. The van der Waals surface area contributed by atoms with E-state index >= 15 is 0 Å². The van der Waals surface area contributed by atoms with Gasteiger partial charge in [0.05, 0.1) is 39.9 Å². The van der Waals surface area contributed by atoms with Crippen molar-refractivity contribution in [2.45, 2.75) is 174 Å². The van der Waals surface area contributed by atoms with Gasteiger partial charge in [0, 0.05) is 6.42 Å². The lowest BCUT2D eigenvalue weighted by atomic mass is 10.1. The molecule has 57 heavy (non-hydrogen) atoms. The molecule has 0 aromatic carbocycles. The monoisotopic (exact) mass is 818 g/mol. The van der Waals surface area contributed by atoms with Crippen LogP contribution in [0.5, 0.6) is 0 Å². The van der Waals surface area contributed by atoms with Crippen LogP contribution in [0, 0.1) is 0 Å². The summed E-state index contributed by atoms with van der Waals surface area (Å²) in [5.74, 6) is -0.204. The van der Waals surface area contributed by atoms with Crippen LogP contribution >= 0.6 is 7.82 Å². The Balaban J connectivity index is 4.41. The van der Waals surface area contributed by atoms with E-state index in [1.807, 2.05) is 27.2 Å². The number of carbonyl (C=O) groups excluding carboxylic acids is 1. The van der Waals surface area contributed by atoms with Gasteiger partial charge in [-0.25, -0.2) is 4.57 Å². The first-order chi connectivity index (χ1) is 27.5. The zero-order chi connectivity index (χ0) is 42.1. The predicted molar refractivity (Wildman–Crippen MR) is 244 cm³/mol. The zero-order valence-electron chi connectivity index (χ0n) is 37.0. The first kappa shape index (κ1) is 54.7. The van der Waals surface area contributed by atoms with Crippen LogP contribution in [0.4, 0.5) is 0 Å². The highest BCUT2D eigenvalue weighted by molar-refractivity contribution is 7.47. The lowest BCUT2D eigenvalue weighted by molar-refractivity contribution is -0.870. The highest BCUT2D eigenvalue weighted by atomic mass is 31.2. The van der Waals surface area contributed by atoms with Crippen molar-refractivity contribution in [3.05, 3.63) is 85.1 Å². The molecule has 1 amide bonds. The van der Waals surface area contributed by atoms with Crippen LogP contribution in [-0.2, 0) is 18.4 Å². The molecule has 0 fully saturated rings. The van der Waals surface area contributed by atoms with Crippen molar-refractivity contribution in [2.24, 2.45) is 0 Å². The summed E-state index contributed by atoms with van der Waals surface area (Å²) in [6, 6.07) is -0.873. The molecule has 0 bridgehead atoms. The van der Waals surface area contributed by atoms with Gasteiger partial charge in [0.2, 0.25) is 5.91 Å². The summed E-state index contributed by atoms with van der Waals surface area (Å²) < 4.78 is 23.5. The number of carbonyl (C=O) groups is 1. The third-order valence-corrected chi connectivity index (χ3v) is 10.3. The van der Waals surface area contributed by atoms with Crippen LogP contribution in [0.1, 0.15) is 162 Å². The van der Waals surface area contributed by atoms with Crippen molar-refractivity contribution in [3.8, 4) is 0 Å². The van der Waals surface area contributed by atoms with E-state index in [0.29, 0.717) is 17.4 Å². The molecule has 3 unspecified atom stereocenters. The Morgan fingerprint density at radius 1 is 0.614 bits per heavy atom. The number of phosphoric acid groups is 1. The molecule has 0 saturated carbocycles. The molecule has 0 heterocycles. The molecular formula is C48H86N2O6P+. The van der Waals surface area contributed by atoms with Crippen LogP contribution in [-0.4, -0.2) is 73.4 Å². The topological polar surface area (TPSA) is 105 Å². The minimum Gasteiger partial charge on any atom is -0.387 e. The summed E-state index contributed by atoms with van der Waals surface area (Å²) in [6.07, 6.45) is 53.7. The number of likely N-dealkylation sites (N-methyl/N-ethyl adjacent to an activating group) is 1. The smallest absolute Gasteiger partial charge is 0.387 e. The summed E-state index contributed by atoms with van der Waals surface area (Å²) in [5, 5.41) is 13.8. The fraction of sp³-hybridized carbons (Fsp3) is 0.688. The lowest BCUT2D eigenvalue weighted by Gasteiger charge is -2.25. The number of hydrogen-bond acceptors (Lipinski definition) is 5. The summed E-state index contributed by atoms with van der Waals surface area (Å²) in [6.45, 7) is 4.62. The molecule has 0 aliphatic carbocycles. The van der Waals surface area contributed by atoms with Gasteiger partial charge in [0.1, 0.15) is 13.2 Å². The third kappa shape index (κ3) is 41.6. The Morgan fingerprint density at radius 2 is 1.07 bits per heavy atom. The van der Waals surface area contributed by atoms with E-state index in [1.165, 1.54) is 57.8 Å². The third-order valence-electron chi connectivity index (χ3n) is 9.35. The van der Waals surface area contributed by atoms with Gasteiger partial charge in [-0.1, -0.05) is 163 Å². The van der Waals surface area contributed by atoms with E-state index in [1.54, 1.807) is 6.08 Å². The summed E-state index contributed by atoms with van der Waals surface area (Å²) in [4.78, 5) is 23.1. The van der Waals surface area contributed by atoms with Crippen LogP contribution in [0.2, 0.25) is 0 Å². The van der Waals surface area contributed by atoms with Crippen molar-refractivity contribution in [2.75, 3.05) is 40.9 Å². The molecule has 0 aliphatic rings. The molecule has 0 rings (SSSR count). The molecule has 0 aromatic heterocycles.